The number of hydrogen-bond donors (Lipinski definition) is 0. The number of nitrogens with zero attached hydrogens (tertiary/aromatic N) is 6. The SMILES string of the molecule is N#Cc1cc([N+](=O)[O-])c(C(=O)c2c([N+](=O)[O-])cc([N+](=O)[O-])cc2[N+](=O)[O-])c([N+](=O)[O-])c1. The number of ketones is 1. The van der Waals surface area contributed by atoms with E-state index in [0.717, 1.165) is 0 Å². The number of rotatable bonds is 7. The molecule has 0 aliphatic carbocycles. The van der Waals surface area contributed by atoms with Gasteiger partial charge in [0.25, 0.3) is 28.4 Å². The summed E-state index contributed by atoms with van der Waals surface area (Å²) in [6.07, 6.45) is 0. The van der Waals surface area contributed by atoms with E-state index in [9.17, 15) is 55.4 Å². The van der Waals surface area contributed by atoms with Crippen molar-refractivity contribution < 1.29 is 29.4 Å². The average molecular weight is 432 g/mol. The minimum absolute atomic E-state index is 0.196. The molecule has 0 bridgehead atoms. The number of hydrogen-bond acceptors (Lipinski definition) is 12. The quantitative estimate of drug-likeness (QED) is 0.347. The van der Waals surface area contributed by atoms with Gasteiger partial charge in [-0.1, -0.05) is 0 Å². The maximum absolute atomic E-state index is 13.0. The van der Waals surface area contributed by atoms with Crippen molar-refractivity contribution in [1.82, 2.24) is 0 Å². The zero-order valence-corrected chi connectivity index (χ0v) is 14.5. The first-order chi connectivity index (χ1) is 14.4. The molecule has 2 rings (SSSR count). The smallest absolute Gasteiger partial charge is 0.287 e. The molecule has 0 atom stereocenters. The van der Waals surface area contributed by atoms with E-state index >= 15 is 0 Å². The Morgan fingerprint density at radius 2 is 0.968 bits per heavy atom. The maximum Gasteiger partial charge on any atom is 0.294 e. The molecule has 0 saturated carbocycles. The molecule has 0 unspecified atom stereocenters. The summed E-state index contributed by atoms with van der Waals surface area (Å²) in [6, 6.07) is 2.71. The van der Waals surface area contributed by atoms with Crippen LogP contribution < -0.4 is 0 Å². The zero-order chi connectivity index (χ0) is 23.6. The minimum Gasteiger partial charge on any atom is -0.287 e. The largest absolute Gasteiger partial charge is 0.294 e. The van der Waals surface area contributed by atoms with Crippen molar-refractivity contribution in [2.24, 2.45) is 0 Å². The molecule has 31 heavy (non-hydrogen) atoms. The molecule has 17 nitrogen and oxygen atoms in total. The van der Waals surface area contributed by atoms with E-state index < -0.39 is 75.5 Å². The fourth-order valence-electron chi connectivity index (χ4n) is 2.55. The van der Waals surface area contributed by atoms with E-state index in [1.54, 1.807) is 0 Å². The molecule has 0 N–H and O–H groups in total. The van der Waals surface area contributed by atoms with Crippen LogP contribution in [0.3, 0.4) is 0 Å². The molecule has 0 saturated heterocycles. The van der Waals surface area contributed by atoms with Gasteiger partial charge in [0.05, 0.1) is 48.4 Å². The second-order valence-electron chi connectivity index (χ2n) is 5.47. The lowest BCUT2D eigenvalue weighted by molar-refractivity contribution is -0.403. The van der Waals surface area contributed by atoms with Crippen LogP contribution in [0.2, 0.25) is 0 Å². The van der Waals surface area contributed by atoms with Gasteiger partial charge in [0, 0.05) is 12.1 Å². The van der Waals surface area contributed by atoms with Gasteiger partial charge in [0.15, 0.2) is 11.1 Å². The monoisotopic (exact) mass is 432 g/mol. The van der Waals surface area contributed by atoms with E-state index in [2.05, 4.69) is 0 Å². The first kappa shape index (κ1) is 21.9. The number of nitro benzene ring substituents is 5. The van der Waals surface area contributed by atoms with Crippen molar-refractivity contribution in [2.45, 2.75) is 0 Å². The number of carbonyl (C=O) groups is 1. The highest BCUT2D eigenvalue weighted by Gasteiger charge is 2.41. The predicted octanol–water partition coefficient (Wildman–Crippen LogP) is 2.33. The van der Waals surface area contributed by atoms with Crippen LogP contribution in [-0.2, 0) is 0 Å². The summed E-state index contributed by atoms with van der Waals surface area (Å²) in [6.45, 7) is 0. The number of nitro groups is 5. The van der Waals surface area contributed by atoms with Crippen LogP contribution in [0.1, 0.15) is 21.5 Å². The fourth-order valence-corrected chi connectivity index (χ4v) is 2.55. The van der Waals surface area contributed by atoms with Gasteiger partial charge in [-0.05, 0) is 0 Å². The average Bonchev–Trinajstić information content (AvgIpc) is 2.70. The highest BCUT2D eigenvalue weighted by Crippen LogP contribution is 2.39. The van der Waals surface area contributed by atoms with Gasteiger partial charge < -0.3 is 0 Å². The molecule has 0 heterocycles. The van der Waals surface area contributed by atoms with Crippen molar-refractivity contribution in [3.05, 3.63) is 91.5 Å². The van der Waals surface area contributed by atoms with Gasteiger partial charge in [0.2, 0.25) is 5.78 Å². The highest BCUT2D eigenvalue weighted by atomic mass is 16.6. The third kappa shape index (κ3) is 3.92. The van der Waals surface area contributed by atoms with Gasteiger partial charge in [-0.25, -0.2) is 0 Å². The fraction of sp³-hybridized carbons (Fsp3) is 0. The molecule has 0 aromatic heterocycles. The Balaban J connectivity index is 3.05. The molecule has 17 heteroatoms. The van der Waals surface area contributed by atoms with Crippen LogP contribution in [0, 0.1) is 61.9 Å². The van der Waals surface area contributed by atoms with E-state index in [1.807, 2.05) is 0 Å². The molecule has 2 aromatic carbocycles. The molecular formula is C14H4N6O11. The Labute approximate surface area is 167 Å². The van der Waals surface area contributed by atoms with Crippen LogP contribution in [-0.4, -0.2) is 30.4 Å². The van der Waals surface area contributed by atoms with Crippen molar-refractivity contribution in [3.8, 4) is 6.07 Å². The van der Waals surface area contributed by atoms with E-state index in [-0.39, 0.29) is 12.1 Å². The van der Waals surface area contributed by atoms with Crippen LogP contribution in [0.4, 0.5) is 28.4 Å². The molecule has 156 valence electrons. The van der Waals surface area contributed by atoms with E-state index in [0.29, 0.717) is 12.1 Å². The highest BCUT2D eigenvalue weighted by molar-refractivity contribution is 6.18. The third-order valence-electron chi connectivity index (χ3n) is 3.76. The Morgan fingerprint density at radius 1 is 0.645 bits per heavy atom. The summed E-state index contributed by atoms with van der Waals surface area (Å²) in [5, 5.41) is 65.2. The summed E-state index contributed by atoms with van der Waals surface area (Å²) < 4.78 is 0. The Bertz CT molecular complexity index is 1190. The van der Waals surface area contributed by atoms with Crippen LogP contribution >= 0.6 is 0 Å². The molecule has 0 radical (unpaired) electrons. The van der Waals surface area contributed by atoms with Crippen LogP contribution in [0.25, 0.3) is 0 Å². The number of carbonyl (C=O) groups excluding carboxylic acids is 1. The Kier molecular flexibility index (Phi) is 5.59. The second kappa shape index (κ2) is 7.92. The predicted molar refractivity (Wildman–Crippen MR) is 94.3 cm³/mol. The molecule has 2 aromatic rings. The molecule has 0 spiro atoms. The van der Waals surface area contributed by atoms with Gasteiger partial charge in [-0.15, -0.1) is 0 Å². The Hall–Kier alpha value is -5.40. The number of nitriles is 1. The molecular weight excluding hydrogens is 428 g/mol. The van der Waals surface area contributed by atoms with Crippen LogP contribution in [0.5, 0.6) is 0 Å². The van der Waals surface area contributed by atoms with Gasteiger partial charge in [-0.2, -0.15) is 5.26 Å². The van der Waals surface area contributed by atoms with E-state index in [1.165, 1.54) is 6.07 Å². The lowest BCUT2D eigenvalue weighted by Gasteiger charge is -2.06. The lowest BCUT2D eigenvalue weighted by atomic mass is 9.95. The zero-order valence-electron chi connectivity index (χ0n) is 14.5. The standard InChI is InChI=1S/C14H4N6O11/c15-5-6-1-8(17(24)25)12(9(2-6)18(26)27)14(21)13-10(19(28)29)3-7(16(22)23)4-11(13)20(30)31/h1-4H. The molecule has 0 aliphatic heterocycles. The van der Waals surface area contributed by atoms with Gasteiger partial charge in [0.1, 0.15) is 0 Å². The summed E-state index contributed by atoms with van der Waals surface area (Å²) in [7, 11) is 0. The van der Waals surface area contributed by atoms with Crippen molar-refractivity contribution in [1.29, 1.82) is 5.26 Å². The molecule has 0 amide bonds. The number of benzene rings is 2. The van der Waals surface area contributed by atoms with Crippen molar-refractivity contribution >= 4 is 34.2 Å². The summed E-state index contributed by atoms with van der Waals surface area (Å²) >= 11 is 0. The minimum atomic E-state index is -1.88. The molecule has 0 fully saturated rings. The van der Waals surface area contributed by atoms with E-state index in [4.69, 9.17) is 5.26 Å². The van der Waals surface area contributed by atoms with Crippen molar-refractivity contribution in [2.75, 3.05) is 0 Å². The van der Waals surface area contributed by atoms with Crippen LogP contribution in [0.15, 0.2) is 24.3 Å². The lowest BCUT2D eigenvalue weighted by Crippen LogP contribution is -2.14. The summed E-state index contributed by atoms with van der Waals surface area (Å²) in [4.78, 5) is 62.6. The van der Waals surface area contributed by atoms with Crippen molar-refractivity contribution in [3.63, 3.8) is 0 Å². The second-order valence-corrected chi connectivity index (χ2v) is 5.47. The number of non-ortho nitro benzene ring substituents is 1. The summed E-state index contributed by atoms with van der Waals surface area (Å²) in [5.41, 5.74) is -10.2. The van der Waals surface area contributed by atoms with Gasteiger partial charge in [-0.3, -0.25) is 55.4 Å². The van der Waals surface area contributed by atoms with Gasteiger partial charge >= 0.3 is 0 Å². The summed E-state index contributed by atoms with van der Waals surface area (Å²) in [5.74, 6) is -1.88. The molecule has 0 aliphatic rings. The first-order valence-electron chi connectivity index (χ1n) is 7.43. The maximum atomic E-state index is 13.0. The normalized spacial score (nSPS) is 10.0. The first-order valence-corrected chi connectivity index (χ1v) is 7.43. The Morgan fingerprint density at radius 3 is 1.23 bits per heavy atom. The topological polar surface area (TPSA) is 257 Å². The third-order valence-corrected chi connectivity index (χ3v) is 3.76.